The third-order valence-corrected chi connectivity index (χ3v) is 2.14. The van der Waals surface area contributed by atoms with Crippen molar-refractivity contribution < 1.29 is 80.7 Å². The van der Waals surface area contributed by atoms with Crippen molar-refractivity contribution in [1.82, 2.24) is 0 Å². The van der Waals surface area contributed by atoms with Gasteiger partial charge in [-0.05, 0) is 0 Å². The van der Waals surface area contributed by atoms with Crippen LogP contribution in [0.2, 0.25) is 0 Å². The van der Waals surface area contributed by atoms with E-state index in [0.29, 0.717) is 0 Å². The first-order valence-corrected chi connectivity index (χ1v) is 5.02. The number of hydrogen-bond donors (Lipinski definition) is 2. The number of carbonyl (C=O) groups is 2. The van der Waals surface area contributed by atoms with Crippen molar-refractivity contribution in [2.45, 2.75) is 12.2 Å². The van der Waals surface area contributed by atoms with Gasteiger partial charge in [-0.2, -0.15) is 24.6 Å². The molecule has 1 aliphatic rings. The Labute approximate surface area is 153 Å². The number of ether oxygens (including phenoxy) is 2. The molecule has 1 heterocycles. The number of epoxide rings is 1. The molecule has 2 atom stereocenters. The van der Waals surface area contributed by atoms with Gasteiger partial charge in [-0.1, -0.05) is 12.1 Å². The van der Waals surface area contributed by atoms with Crippen molar-refractivity contribution >= 4 is 11.9 Å². The van der Waals surface area contributed by atoms with Crippen molar-refractivity contribution in [1.29, 1.82) is 0 Å². The van der Waals surface area contributed by atoms with Gasteiger partial charge in [0.15, 0.2) is 12.2 Å². The van der Waals surface area contributed by atoms with Gasteiger partial charge in [0.1, 0.15) is 0 Å². The van der Waals surface area contributed by atoms with E-state index in [0.717, 1.165) is 11.3 Å². The molecular weight excluding hydrogens is 279 g/mol. The molecule has 0 aliphatic carbocycles. The molecule has 1 aromatic rings. The second-order valence-electron chi connectivity index (χ2n) is 3.50. The number of benzene rings is 1. The summed E-state index contributed by atoms with van der Waals surface area (Å²) in [5.74, 6) is -1.56. The van der Waals surface area contributed by atoms with E-state index in [4.69, 9.17) is 14.9 Å². The number of aliphatic carboxylic acids is 2. The molecule has 0 spiro atoms. The Hall–Kier alpha value is -0.574. The predicted octanol–water partition coefficient (Wildman–Crippen LogP) is -2.20. The van der Waals surface area contributed by atoms with Gasteiger partial charge in [-0.15, -0.1) is 0 Å². The van der Waals surface area contributed by atoms with E-state index in [1.165, 1.54) is 0 Å². The minimum Gasteiger partial charge on any atom is -0.499 e. The number of carboxylic acids is 2. The zero-order valence-corrected chi connectivity index (χ0v) is 13.8. The Morgan fingerprint density at radius 1 is 1.16 bits per heavy atom. The van der Waals surface area contributed by atoms with Crippen LogP contribution in [-0.4, -0.2) is 41.5 Å². The summed E-state index contributed by atoms with van der Waals surface area (Å²) in [5, 5.41) is 16.2. The van der Waals surface area contributed by atoms with Gasteiger partial charge in [0.25, 0.3) is 0 Å². The van der Waals surface area contributed by atoms with Crippen LogP contribution in [0.1, 0.15) is 5.56 Å². The second kappa shape index (κ2) is 8.57. The summed E-state index contributed by atoms with van der Waals surface area (Å²) in [6, 6.07) is 7.61. The third-order valence-electron chi connectivity index (χ3n) is 2.14. The maximum atomic E-state index is 9.89. The average molecular weight is 292 g/mol. The van der Waals surface area contributed by atoms with Crippen LogP contribution in [0.25, 0.3) is 0 Å². The fourth-order valence-corrected chi connectivity index (χ4v) is 1.11. The average Bonchev–Trinajstić information content (AvgIpc) is 3.11. The largest absolute Gasteiger partial charge is 1.00 e. The van der Waals surface area contributed by atoms with Gasteiger partial charge in [-0.3, -0.25) is 0 Å². The molecule has 6 nitrogen and oxygen atoms in total. The first-order valence-electron chi connectivity index (χ1n) is 5.02. The van der Waals surface area contributed by atoms with E-state index in [-0.39, 0.29) is 51.4 Å². The molecule has 1 saturated heterocycles. The van der Waals surface area contributed by atoms with Crippen LogP contribution in [0.4, 0.5) is 0 Å². The van der Waals surface area contributed by atoms with Gasteiger partial charge < -0.3 is 19.7 Å². The zero-order valence-electron chi connectivity index (χ0n) is 10.7. The van der Waals surface area contributed by atoms with Crippen molar-refractivity contribution in [3.05, 3.63) is 36.8 Å². The molecule has 0 bridgehead atoms. The van der Waals surface area contributed by atoms with Gasteiger partial charge in [-0.25, -0.2) is 9.59 Å². The number of methoxy groups -OCH3 is 1. The summed E-state index contributed by atoms with van der Waals surface area (Å²) in [5.41, 5.74) is 1.01. The Morgan fingerprint density at radius 2 is 1.58 bits per heavy atom. The van der Waals surface area contributed by atoms with Crippen LogP contribution in [0.3, 0.4) is 0 Å². The van der Waals surface area contributed by atoms with E-state index in [1.807, 2.05) is 24.3 Å². The van der Waals surface area contributed by atoms with Gasteiger partial charge in [0.05, 0.1) is 12.9 Å². The normalized spacial score (nSPS) is 19.2. The van der Waals surface area contributed by atoms with Crippen LogP contribution in [0.15, 0.2) is 24.3 Å². The molecule has 7 heteroatoms. The molecular formula is C12H13KO6. The van der Waals surface area contributed by atoms with Crippen molar-refractivity contribution in [2.75, 3.05) is 7.11 Å². The van der Waals surface area contributed by atoms with Crippen molar-refractivity contribution in [3.8, 4) is 5.75 Å². The van der Waals surface area contributed by atoms with E-state index in [2.05, 4.69) is 11.7 Å². The molecule has 1 fully saturated rings. The first-order chi connectivity index (χ1) is 8.45. The first kappa shape index (κ1) is 18.4. The Morgan fingerprint density at radius 3 is 1.84 bits per heavy atom. The smallest absolute Gasteiger partial charge is 0.499 e. The van der Waals surface area contributed by atoms with Crippen LogP contribution in [-0.2, 0) is 14.3 Å². The summed E-state index contributed by atoms with van der Waals surface area (Å²) < 4.78 is 9.18. The van der Waals surface area contributed by atoms with E-state index >= 15 is 0 Å². The van der Waals surface area contributed by atoms with Gasteiger partial charge in [0, 0.05) is 0 Å². The molecule has 0 aromatic heterocycles. The van der Waals surface area contributed by atoms with E-state index in [1.54, 1.807) is 7.11 Å². The minimum absolute atomic E-state index is 0. The summed E-state index contributed by atoms with van der Waals surface area (Å²) >= 11 is 0. The predicted molar refractivity (Wildman–Crippen MR) is 61.4 cm³/mol. The SMILES string of the molecule is O=C(O)C1OC1C(=O)O.[CH2-]c1ccc(OC)cc1.[K+]. The summed E-state index contributed by atoms with van der Waals surface area (Å²) in [6.45, 7) is 3.74. The van der Waals surface area contributed by atoms with Gasteiger partial charge >= 0.3 is 63.3 Å². The summed E-state index contributed by atoms with van der Waals surface area (Å²) in [7, 11) is 1.65. The molecule has 19 heavy (non-hydrogen) atoms. The molecule has 98 valence electrons. The Balaban J connectivity index is 0.000000324. The molecule has 0 amide bonds. The van der Waals surface area contributed by atoms with Crippen molar-refractivity contribution in [3.63, 3.8) is 0 Å². The monoisotopic (exact) mass is 292 g/mol. The Kier molecular flexibility index (Phi) is 8.31. The van der Waals surface area contributed by atoms with E-state index < -0.39 is 24.1 Å². The number of carboxylic acid groups (broad SMARTS) is 2. The Bertz CT molecular complexity index is 412. The van der Waals surface area contributed by atoms with Crippen LogP contribution >= 0.6 is 0 Å². The fourth-order valence-electron chi connectivity index (χ4n) is 1.11. The molecule has 2 rings (SSSR count). The van der Waals surface area contributed by atoms with Crippen LogP contribution in [0.5, 0.6) is 5.75 Å². The van der Waals surface area contributed by atoms with Crippen molar-refractivity contribution in [2.24, 2.45) is 0 Å². The maximum absolute atomic E-state index is 9.89. The zero-order chi connectivity index (χ0) is 13.7. The molecule has 2 N–H and O–H groups in total. The standard InChI is InChI=1S/C8H9O.C4H4O5.K/c1-7-3-5-8(9-2)6-4-7;5-3(6)1-2(9-1)4(7)8;/h3-6H,1H2,2H3;1-2H,(H,5,6)(H,7,8);/q-1;;+1. The molecule has 1 aromatic carbocycles. The quantitative estimate of drug-likeness (QED) is 0.373. The molecule has 2 unspecified atom stereocenters. The molecule has 0 radical (unpaired) electrons. The third kappa shape index (κ3) is 6.41. The number of hydrogen-bond acceptors (Lipinski definition) is 4. The van der Waals surface area contributed by atoms with E-state index in [9.17, 15) is 9.59 Å². The molecule has 0 saturated carbocycles. The summed E-state index contributed by atoms with van der Waals surface area (Å²) in [6.07, 6.45) is -2.25. The van der Waals surface area contributed by atoms with Gasteiger partial charge in [0.2, 0.25) is 0 Å². The van der Waals surface area contributed by atoms with Crippen LogP contribution in [0, 0.1) is 6.92 Å². The fraction of sp³-hybridized carbons (Fsp3) is 0.250. The molecule has 1 aliphatic heterocycles. The van der Waals surface area contributed by atoms with Crippen LogP contribution < -0.4 is 56.1 Å². The number of rotatable bonds is 3. The minimum atomic E-state index is -1.22. The maximum Gasteiger partial charge on any atom is 1.00 e. The second-order valence-corrected chi connectivity index (χ2v) is 3.50. The topological polar surface area (TPSA) is 96.4 Å². The summed E-state index contributed by atoms with van der Waals surface area (Å²) in [4.78, 5) is 19.8.